The van der Waals surface area contributed by atoms with Gasteiger partial charge < -0.3 is 19.0 Å². The summed E-state index contributed by atoms with van der Waals surface area (Å²) in [4.78, 5) is 18.6. The van der Waals surface area contributed by atoms with E-state index in [1.54, 1.807) is 13.2 Å². The Hall–Kier alpha value is -3.59. The Balaban J connectivity index is 0.000000155. The van der Waals surface area contributed by atoms with Crippen molar-refractivity contribution in [3.63, 3.8) is 0 Å². The first-order valence-corrected chi connectivity index (χ1v) is 10.1. The maximum Gasteiger partial charge on any atom is 0.214 e. The molecule has 1 saturated carbocycles. The second-order valence-electron chi connectivity index (χ2n) is 7.32. The number of rotatable bonds is 5. The summed E-state index contributed by atoms with van der Waals surface area (Å²) in [6.07, 6.45) is 7.02. The lowest BCUT2D eigenvalue weighted by atomic mass is 10.1. The zero-order valence-corrected chi connectivity index (χ0v) is 18.3. The minimum atomic E-state index is -0.417. The van der Waals surface area contributed by atoms with Crippen molar-refractivity contribution in [2.24, 2.45) is 0 Å². The molecule has 1 N–H and O–H groups in total. The van der Waals surface area contributed by atoms with Gasteiger partial charge in [0.05, 0.1) is 6.61 Å². The van der Waals surface area contributed by atoms with Crippen LogP contribution in [0, 0.1) is 13.8 Å². The lowest BCUT2D eigenvalue weighted by Gasteiger charge is -2.04. The van der Waals surface area contributed by atoms with Crippen LogP contribution in [0.3, 0.4) is 0 Å². The number of benzene rings is 1. The van der Waals surface area contributed by atoms with Gasteiger partial charge in [-0.2, -0.15) is 4.98 Å². The summed E-state index contributed by atoms with van der Waals surface area (Å²) in [6.45, 7) is 4.59. The number of alkyl halides is 1. The Labute approximate surface area is 185 Å². The van der Waals surface area contributed by atoms with Crippen LogP contribution in [0.4, 0.5) is 10.1 Å². The quantitative estimate of drug-likeness (QED) is 0.460. The van der Waals surface area contributed by atoms with Gasteiger partial charge in [0.1, 0.15) is 11.8 Å². The van der Waals surface area contributed by atoms with E-state index in [1.165, 1.54) is 6.39 Å². The molecule has 1 fully saturated rings. The van der Waals surface area contributed by atoms with Crippen LogP contribution in [0.2, 0.25) is 0 Å². The topological polar surface area (TPSA) is 94.6 Å². The van der Waals surface area contributed by atoms with Crippen LogP contribution in [0.5, 0.6) is 0 Å². The van der Waals surface area contributed by atoms with E-state index in [9.17, 15) is 9.18 Å². The van der Waals surface area contributed by atoms with Gasteiger partial charge in [-0.15, -0.1) is 0 Å². The maximum atomic E-state index is 11.1. The minimum absolute atomic E-state index is 0.417. The molecule has 0 bridgehead atoms. The summed E-state index contributed by atoms with van der Waals surface area (Å²) in [5.41, 5.74) is 5.81. The molecule has 0 unspecified atom stereocenters. The van der Waals surface area contributed by atoms with Gasteiger partial charge in [0.2, 0.25) is 18.6 Å². The monoisotopic (exact) mass is 439 g/mol. The minimum Gasteiger partial charge on any atom is -0.380 e. The molecule has 5 rings (SSSR count). The number of pyridine rings is 1. The number of carbonyl (C=O) groups is 1. The van der Waals surface area contributed by atoms with Gasteiger partial charge in [-0.3, -0.25) is 4.79 Å². The van der Waals surface area contributed by atoms with Crippen LogP contribution in [-0.2, 0) is 16.1 Å². The Morgan fingerprint density at radius 3 is 2.66 bits per heavy atom. The number of anilines is 1. The van der Waals surface area contributed by atoms with Gasteiger partial charge in [-0.1, -0.05) is 17.3 Å². The molecule has 3 heterocycles. The van der Waals surface area contributed by atoms with Crippen molar-refractivity contribution in [1.29, 1.82) is 0 Å². The molecule has 4 aromatic rings. The normalized spacial score (nSPS) is 12.4. The summed E-state index contributed by atoms with van der Waals surface area (Å²) >= 11 is 0. The standard InChI is InChI=1S/C10H9N3O2.C10H12N2O.C3H5F/c1-7-2-3-8(4-9(7)11-5-14)10-12-6-15-13-10;1-8-6-11-10-5-9(7-13-2)3-4-12(8)10;4-3-1-2-3/h2-6H,1H3,(H,11,14);3-6H,7H2,1-2H3;3H,1-2H2. The third-order valence-electron chi connectivity index (χ3n) is 4.65. The van der Waals surface area contributed by atoms with Crippen LogP contribution >= 0.6 is 0 Å². The summed E-state index contributed by atoms with van der Waals surface area (Å²) in [5, 5.41) is 6.33. The molecule has 0 spiro atoms. The fourth-order valence-corrected chi connectivity index (χ4v) is 2.75. The van der Waals surface area contributed by atoms with E-state index in [2.05, 4.69) is 29.4 Å². The van der Waals surface area contributed by atoms with Crippen molar-refractivity contribution in [3.05, 3.63) is 65.9 Å². The van der Waals surface area contributed by atoms with Gasteiger partial charge in [0.15, 0.2) is 0 Å². The lowest BCUT2D eigenvalue weighted by molar-refractivity contribution is -0.105. The van der Waals surface area contributed by atoms with Crippen molar-refractivity contribution in [3.8, 4) is 11.4 Å². The largest absolute Gasteiger partial charge is 0.380 e. The zero-order valence-electron chi connectivity index (χ0n) is 18.3. The molecule has 0 saturated heterocycles. The second-order valence-corrected chi connectivity index (χ2v) is 7.32. The molecular weight excluding hydrogens is 413 g/mol. The Morgan fingerprint density at radius 2 is 2.03 bits per heavy atom. The highest BCUT2D eigenvalue weighted by Gasteiger charge is 2.18. The van der Waals surface area contributed by atoms with Gasteiger partial charge in [-0.05, 0) is 56.0 Å². The van der Waals surface area contributed by atoms with Crippen LogP contribution < -0.4 is 5.32 Å². The van der Waals surface area contributed by atoms with Gasteiger partial charge >= 0.3 is 0 Å². The summed E-state index contributed by atoms with van der Waals surface area (Å²) in [5.74, 6) is 0.504. The molecule has 0 atom stereocenters. The maximum absolute atomic E-state index is 11.1. The van der Waals surface area contributed by atoms with E-state index in [4.69, 9.17) is 4.74 Å². The molecule has 32 heavy (non-hydrogen) atoms. The highest BCUT2D eigenvalue weighted by molar-refractivity contribution is 5.76. The molecule has 1 aliphatic rings. The second kappa shape index (κ2) is 11.1. The predicted molar refractivity (Wildman–Crippen MR) is 119 cm³/mol. The first-order chi connectivity index (χ1) is 15.5. The first kappa shape index (κ1) is 23.1. The van der Waals surface area contributed by atoms with Crippen LogP contribution in [0.25, 0.3) is 17.0 Å². The number of aryl methyl sites for hydroxylation is 2. The number of fused-ring (bicyclic) bond motifs is 1. The van der Waals surface area contributed by atoms with Crippen molar-refractivity contribution >= 4 is 17.7 Å². The van der Waals surface area contributed by atoms with Crippen molar-refractivity contribution in [2.75, 3.05) is 12.4 Å². The molecule has 9 heteroatoms. The Kier molecular flexibility index (Phi) is 8.04. The van der Waals surface area contributed by atoms with E-state index in [0.717, 1.165) is 46.6 Å². The van der Waals surface area contributed by atoms with Crippen LogP contribution in [0.1, 0.15) is 29.7 Å². The fraction of sp³-hybridized carbons (Fsp3) is 0.304. The Bertz CT molecular complexity index is 1140. The first-order valence-electron chi connectivity index (χ1n) is 10.1. The van der Waals surface area contributed by atoms with Crippen molar-refractivity contribution in [2.45, 2.75) is 39.5 Å². The van der Waals surface area contributed by atoms with E-state index < -0.39 is 6.17 Å². The number of hydrogen-bond acceptors (Lipinski definition) is 6. The third-order valence-corrected chi connectivity index (χ3v) is 4.65. The van der Waals surface area contributed by atoms with Gasteiger partial charge in [0.25, 0.3) is 0 Å². The van der Waals surface area contributed by atoms with Crippen LogP contribution in [0.15, 0.2) is 53.6 Å². The number of hydrogen-bond donors (Lipinski definition) is 1. The molecular formula is C23H26FN5O3. The zero-order chi connectivity index (χ0) is 22.9. The molecule has 1 amide bonds. The Morgan fingerprint density at radius 1 is 1.25 bits per heavy atom. The SMILES string of the molecule is COCc1ccn2c(C)cnc2c1.Cc1ccc(-c2ncon2)cc1NC=O.FC1CC1. The number of nitrogens with one attached hydrogen (secondary N) is 1. The molecule has 3 aromatic heterocycles. The number of ether oxygens (including phenoxy) is 1. The van der Waals surface area contributed by atoms with E-state index in [1.807, 2.05) is 50.5 Å². The lowest BCUT2D eigenvalue weighted by Crippen LogP contribution is -1.96. The van der Waals surface area contributed by atoms with E-state index >= 15 is 0 Å². The third kappa shape index (κ3) is 6.45. The van der Waals surface area contributed by atoms with E-state index in [0.29, 0.717) is 18.8 Å². The van der Waals surface area contributed by atoms with Crippen molar-refractivity contribution in [1.82, 2.24) is 19.5 Å². The van der Waals surface area contributed by atoms with E-state index in [-0.39, 0.29) is 0 Å². The fourth-order valence-electron chi connectivity index (χ4n) is 2.75. The molecule has 168 valence electrons. The predicted octanol–water partition coefficient (Wildman–Crippen LogP) is 4.52. The summed E-state index contributed by atoms with van der Waals surface area (Å²) in [6, 6.07) is 9.64. The highest BCUT2D eigenvalue weighted by atomic mass is 19.1. The molecule has 1 aliphatic carbocycles. The van der Waals surface area contributed by atoms with Gasteiger partial charge in [0, 0.05) is 36.4 Å². The number of nitrogens with zero attached hydrogens (tertiary/aromatic N) is 4. The smallest absolute Gasteiger partial charge is 0.214 e. The summed E-state index contributed by atoms with van der Waals surface area (Å²) in [7, 11) is 1.70. The number of amides is 1. The average molecular weight is 439 g/mol. The highest BCUT2D eigenvalue weighted by Crippen LogP contribution is 2.23. The number of aromatic nitrogens is 4. The molecule has 1 aromatic carbocycles. The van der Waals surface area contributed by atoms with Crippen molar-refractivity contribution < 1.29 is 18.4 Å². The number of imidazole rings is 1. The van der Waals surface area contributed by atoms with Crippen LogP contribution in [-0.4, -0.2) is 39.2 Å². The number of halogens is 1. The van der Waals surface area contributed by atoms with Gasteiger partial charge in [-0.25, -0.2) is 9.37 Å². The number of methoxy groups -OCH3 is 1. The number of carbonyl (C=O) groups excluding carboxylic acids is 1. The average Bonchev–Trinajstić information content (AvgIpc) is 3.25. The summed E-state index contributed by atoms with van der Waals surface area (Å²) < 4.78 is 22.9. The molecule has 8 nitrogen and oxygen atoms in total. The molecule has 0 radical (unpaired) electrons. The molecule has 0 aliphatic heterocycles.